The Balaban J connectivity index is 1.53. The molecule has 0 aliphatic rings. The van der Waals surface area contributed by atoms with Crippen LogP contribution in [0, 0.1) is 19.7 Å². The molecule has 0 fully saturated rings. The lowest BCUT2D eigenvalue weighted by Gasteiger charge is -2.13. The lowest BCUT2D eigenvalue weighted by molar-refractivity contribution is 0.244. The zero-order chi connectivity index (χ0) is 23.5. The minimum atomic E-state index is -0.308. The Morgan fingerprint density at radius 1 is 0.971 bits per heavy atom. The Labute approximate surface area is 194 Å². The number of hydrogen-bond donors (Lipinski definition) is 1. The van der Waals surface area contributed by atoms with Crippen molar-refractivity contribution in [3.8, 4) is 16.9 Å². The molecule has 170 valence electrons. The second kappa shape index (κ2) is 9.18. The van der Waals surface area contributed by atoms with Gasteiger partial charge in [-0.2, -0.15) is 15.2 Å². The van der Waals surface area contributed by atoms with E-state index < -0.39 is 0 Å². The van der Waals surface area contributed by atoms with Crippen molar-refractivity contribution < 1.29 is 13.7 Å². The summed E-state index contributed by atoms with van der Waals surface area (Å²) in [6, 6.07) is 13.8. The maximum Gasteiger partial charge on any atom is 0.264 e. The Kier molecular flexibility index (Phi) is 5.77. The maximum atomic E-state index is 13.5. The van der Waals surface area contributed by atoms with Crippen LogP contribution < -0.4 is 10.1 Å². The van der Waals surface area contributed by atoms with Crippen LogP contribution in [-0.2, 0) is 13.2 Å². The van der Waals surface area contributed by atoms with Gasteiger partial charge in [-0.25, -0.2) is 14.4 Å². The smallest absolute Gasteiger partial charge is 0.264 e. The number of aryl methyl sites for hydroxylation is 2. The zero-order valence-corrected chi connectivity index (χ0v) is 18.5. The summed E-state index contributed by atoms with van der Waals surface area (Å²) >= 11 is 0. The van der Waals surface area contributed by atoms with E-state index in [9.17, 15) is 4.39 Å². The van der Waals surface area contributed by atoms with E-state index >= 15 is 0 Å². The van der Waals surface area contributed by atoms with Crippen LogP contribution in [0.4, 0.5) is 10.2 Å². The van der Waals surface area contributed by atoms with Crippen LogP contribution in [0.15, 0.2) is 59.4 Å². The molecule has 0 spiro atoms. The van der Waals surface area contributed by atoms with Crippen molar-refractivity contribution in [2.45, 2.75) is 27.0 Å². The fraction of sp³-hybridized carbons (Fsp3) is 0.167. The number of fused-ring (bicyclic) bond motifs is 1. The summed E-state index contributed by atoms with van der Waals surface area (Å²) in [5.41, 5.74) is 3.86. The van der Waals surface area contributed by atoms with Gasteiger partial charge in [0, 0.05) is 5.39 Å². The van der Waals surface area contributed by atoms with Gasteiger partial charge < -0.3 is 14.6 Å². The highest BCUT2D eigenvalue weighted by Crippen LogP contribution is 2.34. The lowest BCUT2D eigenvalue weighted by atomic mass is 10.0. The van der Waals surface area contributed by atoms with Crippen LogP contribution >= 0.6 is 0 Å². The summed E-state index contributed by atoms with van der Waals surface area (Å²) in [6.45, 7) is 4.13. The van der Waals surface area contributed by atoms with Crippen LogP contribution in [0.1, 0.15) is 23.1 Å². The van der Waals surface area contributed by atoms with Gasteiger partial charge in [-0.15, -0.1) is 0 Å². The number of nitrogens with one attached hydrogen (secondary N) is 1. The van der Waals surface area contributed by atoms with Crippen LogP contribution in [0.25, 0.3) is 22.0 Å². The van der Waals surface area contributed by atoms with Gasteiger partial charge in [0.05, 0.1) is 17.9 Å². The number of ether oxygens (including phenoxy) is 1. The van der Waals surface area contributed by atoms with Crippen molar-refractivity contribution >= 4 is 16.7 Å². The average molecular weight is 457 g/mol. The third-order valence-corrected chi connectivity index (χ3v) is 5.09. The van der Waals surface area contributed by atoms with Crippen LogP contribution in [-0.4, -0.2) is 30.3 Å². The number of benzene rings is 2. The summed E-state index contributed by atoms with van der Waals surface area (Å²) in [5.74, 6) is 1.68. The van der Waals surface area contributed by atoms with E-state index in [1.54, 1.807) is 19.1 Å². The minimum absolute atomic E-state index is 0.0779. The second-order valence-electron chi connectivity index (χ2n) is 7.64. The monoisotopic (exact) mass is 457 g/mol. The Morgan fingerprint density at radius 3 is 2.56 bits per heavy atom. The number of nitrogens with zero attached hydrogens (tertiary/aromatic N) is 6. The van der Waals surface area contributed by atoms with Crippen LogP contribution in [0.2, 0.25) is 0 Å². The molecule has 0 saturated heterocycles. The third kappa shape index (κ3) is 4.65. The predicted octanol–water partition coefficient (Wildman–Crippen LogP) is 4.42. The number of hydrogen-bond acceptors (Lipinski definition) is 9. The molecule has 9 nitrogen and oxygen atoms in total. The molecule has 0 radical (unpaired) electrons. The van der Waals surface area contributed by atoms with Gasteiger partial charge in [0.2, 0.25) is 0 Å². The third-order valence-electron chi connectivity index (χ3n) is 5.09. The van der Waals surface area contributed by atoms with Crippen molar-refractivity contribution in [1.29, 1.82) is 0 Å². The van der Waals surface area contributed by atoms with Gasteiger partial charge in [-0.1, -0.05) is 17.3 Å². The van der Waals surface area contributed by atoms with Crippen LogP contribution in [0.3, 0.4) is 0 Å². The van der Waals surface area contributed by atoms with Crippen LogP contribution in [0.5, 0.6) is 5.75 Å². The SMILES string of the molecule is Cc1ccc(CNc2ncnc3c(OCc4nc(C)no4)cc(-c4ccc(F)cc4)cc23)nn1. The molecule has 2 aromatic carbocycles. The summed E-state index contributed by atoms with van der Waals surface area (Å²) in [7, 11) is 0. The molecule has 34 heavy (non-hydrogen) atoms. The highest BCUT2D eigenvalue weighted by Gasteiger charge is 2.14. The molecule has 3 heterocycles. The molecule has 0 saturated carbocycles. The van der Waals surface area contributed by atoms with Crippen molar-refractivity contribution in [3.63, 3.8) is 0 Å². The second-order valence-corrected chi connectivity index (χ2v) is 7.64. The molecule has 0 aliphatic carbocycles. The molecule has 0 aliphatic heterocycles. The Hall–Kier alpha value is -4.47. The number of anilines is 1. The van der Waals surface area contributed by atoms with Gasteiger partial charge >= 0.3 is 0 Å². The molecule has 3 aromatic heterocycles. The van der Waals surface area contributed by atoms with E-state index in [1.807, 2.05) is 31.2 Å². The molecule has 5 rings (SSSR count). The summed E-state index contributed by atoms with van der Waals surface area (Å²) in [5, 5.41) is 16.1. The number of rotatable bonds is 7. The molecule has 1 N–H and O–H groups in total. The van der Waals surface area contributed by atoms with Gasteiger partial charge in [-0.05, 0) is 61.4 Å². The molecule has 0 amide bonds. The van der Waals surface area contributed by atoms with Crippen molar-refractivity contribution in [3.05, 3.63) is 83.8 Å². The quantitative estimate of drug-likeness (QED) is 0.380. The highest BCUT2D eigenvalue weighted by atomic mass is 19.1. The van der Waals surface area contributed by atoms with E-state index in [0.29, 0.717) is 35.3 Å². The molecule has 0 unspecified atom stereocenters. The molecule has 10 heteroatoms. The fourth-order valence-electron chi connectivity index (χ4n) is 3.43. The topological polar surface area (TPSA) is 112 Å². The van der Waals surface area contributed by atoms with Gasteiger partial charge in [0.1, 0.15) is 29.2 Å². The maximum absolute atomic E-state index is 13.5. The van der Waals surface area contributed by atoms with Gasteiger partial charge in [0.25, 0.3) is 5.89 Å². The number of halogens is 1. The largest absolute Gasteiger partial charge is 0.481 e. The first kappa shape index (κ1) is 21.4. The zero-order valence-electron chi connectivity index (χ0n) is 18.5. The van der Waals surface area contributed by atoms with Crippen molar-refractivity contribution in [1.82, 2.24) is 30.3 Å². The highest BCUT2D eigenvalue weighted by molar-refractivity contribution is 5.96. The van der Waals surface area contributed by atoms with E-state index in [0.717, 1.165) is 27.9 Å². The van der Waals surface area contributed by atoms with Crippen molar-refractivity contribution in [2.75, 3.05) is 5.32 Å². The Morgan fingerprint density at radius 2 is 1.82 bits per heavy atom. The Bertz CT molecular complexity index is 1440. The van der Waals surface area contributed by atoms with Gasteiger partial charge in [0.15, 0.2) is 12.4 Å². The summed E-state index contributed by atoms with van der Waals surface area (Å²) in [4.78, 5) is 13.0. The standard InChI is InChI=1S/C24H20FN7O2/c1-14-3-8-19(31-30-14)11-26-24-20-9-17(16-4-6-18(25)7-5-16)10-21(23(20)27-13-28-24)33-12-22-29-15(2)32-34-22/h3-10,13H,11-12H2,1-2H3,(H,26,27,28). The minimum Gasteiger partial charge on any atom is -0.481 e. The van der Waals surface area contributed by atoms with Gasteiger partial charge in [-0.3, -0.25) is 0 Å². The normalized spacial score (nSPS) is 11.0. The molecule has 0 atom stereocenters. The van der Waals surface area contributed by atoms with E-state index in [-0.39, 0.29) is 12.4 Å². The molecule has 0 bridgehead atoms. The molecular formula is C24H20FN7O2. The van der Waals surface area contributed by atoms with Crippen molar-refractivity contribution in [2.24, 2.45) is 0 Å². The molecule has 5 aromatic rings. The summed E-state index contributed by atoms with van der Waals surface area (Å²) < 4.78 is 24.7. The molecular weight excluding hydrogens is 437 g/mol. The lowest BCUT2D eigenvalue weighted by Crippen LogP contribution is -2.06. The van der Waals surface area contributed by atoms with E-state index in [4.69, 9.17) is 9.26 Å². The predicted molar refractivity (Wildman–Crippen MR) is 122 cm³/mol. The fourth-order valence-corrected chi connectivity index (χ4v) is 3.43. The van der Waals surface area contributed by atoms with E-state index in [2.05, 4.69) is 35.6 Å². The first-order valence-electron chi connectivity index (χ1n) is 10.5. The first-order chi connectivity index (χ1) is 16.5. The average Bonchev–Trinajstić information content (AvgIpc) is 3.27. The summed E-state index contributed by atoms with van der Waals surface area (Å²) in [6.07, 6.45) is 1.47. The van der Waals surface area contributed by atoms with E-state index in [1.165, 1.54) is 18.5 Å². The first-order valence-corrected chi connectivity index (χ1v) is 10.5. The number of aromatic nitrogens is 6.